The number of benzene rings is 4. The molecule has 0 radical (unpaired) electrons. The Morgan fingerprint density at radius 2 is 1.59 bits per heavy atom. The van der Waals surface area contributed by atoms with Gasteiger partial charge in [-0.2, -0.15) is 0 Å². The highest BCUT2D eigenvalue weighted by molar-refractivity contribution is 6.27. The summed E-state index contributed by atoms with van der Waals surface area (Å²) in [5, 5.41) is 4.03. The molecule has 54 heavy (non-hydrogen) atoms. The summed E-state index contributed by atoms with van der Waals surface area (Å²) in [7, 11) is 0. The maximum atomic E-state index is 5.53. The van der Waals surface area contributed by atoms with E-state index in [-0.39, 0.29) is 5.92 Å². The monoisotopic (exact) mass is 702 g/mol. The molecule has 0 saturated heterocycles. The van der Waals surface area contributed by atoms with Crippen LogP contribution in [0.2, 0.25) is 0 Å². The SMILES string of the molecule is CC.CC1CC=Cc2c1c1c3c4ccccc4n(-c4cc(C5C=CC=CC5)nc(C5=CCCCC5)n4)c3c3c(c1n2-c1ccccc1)-c1ccccc1C3. The minimum Gasteiger partial charge on any atom is -0.309 e. The van der Waals surface area contributed by atoms with Gasteiger partial charge in [0.05, 0.1) is 27.9 Å². The number of aromatic nitrogens is 4. The number of rotatable bonds is 4. The van der Waals surface area contributed by atoms with Crippen molar-refractivity contribution >= 4 is 44.4 Å². The largest absolute Gasteiger partial charge is 0.309 e. The zero-order chi connectivity index (χ0) is 36.3. The Bertz CT molecular complexity index is 2730. The summed E-state index contributed by atoms with van der Waals surface area (Å²) in [4.78, 5) is 10.9. The van der Waals surface area contributed by atoms with Crippen LogP contribution in [-0.4, -0.2) is 19.1 Å². The lowest BCUT2D eigenvalue weighted by Crippen LogP contribution is -2.10. The summed E-state index contributed by atoms with van der Waals surface area (Å²) in [5.74, 6) is 2.48. The number of fused-ring (bicyclic) bond motifs is 12. The molecule has 0 spiro atoms. The summed E-state index contributed by atoms with van der Waals surface area (Å²) >= 11 is 0. The molecule has 0 amide bonds. The highest BCUT2D eigenvalue weighted by atomic mass is 15.1. The molecule has 4 nitrogen and oxygen atoms in total. The predicted molar refractivity (Wildman–Crippen MR) is 227 cm³/mol. The third kappa shape index (κ3) is 4.96. The second-order valence-electron chi connectivity index (χ2n) is 15.1. The predicted octanol–water partition coefficient (Wildman–Crippen LogP) is 13.2. The number of para-hydroxylation sites is 2. The molecule has 3 aromatic heterocycles. The summed E-state index contributed by atoms with van der Waals surface area (Å²) in [6.45, 7) is 6.41. The molecule has 0 fully saturated rings. The van der Waals surface area contributed by atoms with Crippen molar-refractivity contribution in [3.05, 3.63) is 155 Å². The summed E-state index contributed by atoms with van der Waals surface area (Å²) < 4.78 is 5.09. The Hall–Kier alpha value is -5.74. The van der Waals surface area contributed by atoms with Gasteiger partial charge in [-0.3, -0.25) is 4.57 Å². The average Bonchev–Trinajstić information content (AvgIpc) is 3.91. The van der Waals surface area contributed by atoms with Gasteiger partial charge in [-0.15, -0.1) is 0 Å². The molecule has 4 aromatic carbocycles. The lowest BCUT2D eigenvalue weighted by atomic mass is 9.87. The molecule has 4 aliphatic rings. The Morgan fingerprint density at radius 1 is 0.759 bits per heavy atom. The number of nitrogens with zero attached hydrogens (tertiary/aromatic N) is 4. The van der Waals surface area contributed by atoms with Gasteiger partial charge < -0.3 is 4.57 Å². The summed E-state index contributed by atoms with van der Waals surface area (Å²) in [6, 6.07) is 31.5. The van der Waals surface area contributed by atoms with E-state index in [1.165, 1.54) is 90.3 Å². The molecule has 2 unspecified atom stereocenters. The minimum atomic E-state index is 0.226. The molecule has 0 saturated carbocycles. The second-order valence-corrected chi connectivity index (χ2v) is 15.1. The Labute approximate surface area is 317 Å². The van der Waals surface area contributed by atoms with Crippen LogP contribution in [0.15, 0.2) is 121 Å². The van der Waals surface area contributed by atoms with Crippen LogP contribution in [-0.2, 0) is 6.42 Å². The Kier molecular flexibility index (Phi) is 8.09. The summed E-state index contributed by atoms with van der Waals surface area (Å²) in [6.07, 6.45) is 23.5. The minimum absolute atomic E-state index is 0.226. The van der Waals surface area contributed by atoms with E-state index in [0.29, 0.717) is 5.92 Å². The number of hydrogen-bond acceptors (Lipinski definition) is 2. The van der Waals surface area contributed by atoms with E-state index in [1.54, 1.807) is 0 Å². The van der Waals surface area contributed by atoms with Crippen molar-refractivity contribution in [1.29, 1.82) is 0 Å². The van der Waals surface area contributed by atoms with Gasteiger partial charge in [-0.05, 0) is 96.5 Å². The smallest absolute Gasteiger partial charge is 0.157 e. The molecule has 7 aromatic rings. The quantitative estimate of drug-likeness (QED) is 0.183. The van der Waals surface area contributed by atoms with Gasteiger partial charge in [0, 0.05) is 45.8 Å². The van der Waals surface area contributed by atoms with Gasteiger partial charge in [0.2, 0.25) is 0 Å². The lowest BCUT2D eigenvalue weighted by molar-refractivity contribution is 0.731. The normalized spacial score (nSPS) is 18.4. The van der Waals surface area contributed by atoms with Gasteiger partial charge >= 0.3 is 0 Å². The Morgan fingerprint density at radius 3 is 2.43 bits per heavy atom. The van der Waals surface area contributed by atoms with E-state index in [0.717, 1.165) is 49.4 Å². The molecule has 2 atom stereocenters. The molecule has 3 heterocycles. The van der Waals surface area contributed by atoms with E-state index < -0.39 is 0 Å². The fourth-order valence-corrected chi connectivity index (χ4v) is 9.70. The first-order valence-corrected chi connectivity index (χ1v) is 20.1. The molecule has 4 aliphatic carbocycles. The lowest BCUT2D eigenvalue weighted by Gasteiger charge is -2.19. The van der Waals surface area contributed by atoms with Crippen molar-refractivity contribution in [3.63, 3.8) is 0 Å². The van der Waals surface area contributed by atoms with Crippen molar-refractivity contribution in [2.24, 2.45) is 0 Å². The molecular weight excluding hydrogens is 657 g/mol. The highest BCUT2D eigenvalue weighted by Crippen LogP contribution is 2.54. The van der Waals surface area contributed by atoms with Gasteiger partial charge in [0.25, 0.3) is 0 Å². The number of allylic oxidation sites excluding steroid dienone is 7. The van der Waals surface area contributed by atoms with Crippen molar-refractivity contribution in [1.82, 2.24) is 19.1 Å². The van der Waals surface area contributed by atoms with Gasteiger partial charge in [-0.1, -0.05) is 118 Å². The number of hydrogen-bond donors (Lipinski definition) is 0. The third-order valence-electron chi connectivity index (χ3n) is 12.0. The molecule has 0 bridgehead atoms. The maximum absolute atomic E-state index is 5.53. The fourth-order valence-electron chi connectivity index (χ4n) is 9.70. The van der Waals surface area contributed by atoms with Crippen LogP contribution in [0.3, 0.4) is 0 Å². The topological polar surface area (TPSA) is 35.6 Å². The second kappa shape index (κ2) is 13.3. The molecule has 0 aliphatic heterocycles. The maximum Gasteiger partial charge on any atom is 0.157 e. The van der Waals surface area contributed by atoms with Gasteiger partial charge in [-0.25, -0.2) is 9.97 Å². The first-order valence-electron chi connectivity index (χ1n) is 20.1. The van der Waals surface area contributed by atoms with E-state index >= 15 is 0 Å². The van der Waals surface area contributed by atoms with E-state index in [9.17, 15) is 0 Å². The fraction of sp³-hybridized carbons (Fsp3) is 0.240. The first kappa shape index (κ1) is 32.9. The van der Waals surface area contributed by atoms with Crippen molar-refractivity contribution < 1.29 is 0 Å². The van der Waals surface area contributed by atoms with E-state index in [1.807, 2.05) is 13.8 Å². The van der Waals surface area contributed by atoms with Crippen LogP contribution in [0, 0.1) is 0 Å². The Balaban J connectivity index is 0.00000178. The van der Waals surface area contributed by atoms with Crippen molar-refractivity contribution in [3.8, 4) is 22.6 Å². The van der Waals surface area contributed by atoms with Crippen LogP contribution < -0.4 is 0 Å². The molecular formula is C50H46N4. The van der Waals surface area contributed by atoms with E-state index in [2.05, 4.69) is 144 Å². The molecule has 11 rings (SSSR count). The van der Waals surface area contributed by atoms with Crippen LogP contribution in [0.4, 0.5) is 0 Å². The third-order valence-corrected chi connectivity index (χ3v) is 12.0. The van der Waals surface area contributed by atoms with E-state index in [4.69, 9.17) is 9.97 Å². The van der Waals surface area contributed by atoms with Gasteiger partial charge in [0.1, 0.15) is 5.82 Å². The van der Waals surface area contributed by atoms with Crippen molar-refractivity contribution in [2.75, 3.05) is 0 Å². The van der Waals surface area contributed by atoms with Gasteiger partial charge in [0.15, 0.2) is 5.82 Å². The standard InChI is InChI=1S/C48H40N4.C2H6/c1-30-16-15-27-40-42(30)45-44-36-25-13-14-26-39(36)52(41-29-38(31-17-5-2-6-18-31)49-48(50-41)32-19-7-3-8-20-32)46(44)37-28-33-21-11-12-24-35(33)43(37)47(45)51(40)34-22-9-4-10-23-34;1-2/h2,4-6,9-15,17,19,21-27,29-31H,3,7-8,16,18,20,28H2,1H3;1-2H3. The van der Waals surface area contributed by atoms with Crippen molar-refractivity contribution in [2.45, 2.75) is 77.6 Å². The van der Waals surface area contributed by atoms with Crippen LogP contribution in [0.1, 0.15) is 105 Å². The highest BCUT2D eigenvalue weighted by Gasteiger charge is 2.35. The average molecular weight is 703 g/mol. The van der Waals surface area contributed by atoms with Crippen LogP contribution in [0.5, 0.6) is 0 Å². The zero-order valence-corrected chi connectivity index (χ0v) is 31.5. The zero-order valence-electron chi connectivity index (χ0n) is 31.5. The van der Waals surface area contributed by atoms with Crippen LogP contribution in [0.25, 0.3) is 67.0 Å². The molecule has 0 N–H and O–H groups in total. The van der Waals surface area contributed by atoms with Crippen LogP contribution >= 0.6 is 0 Å². The first-order chi connectivity index (χ1) is 26.7. The molecule has 4 heteroatoms. The summed E-state index contributed by atoms with van der Waals surface area (Å²) in [5.41, 5.74) is 15.7. The molecule has 266 valence electrons.